The average Bonchev–Trinajstić information content (AvgIpc) is 2.84. The summed E-state index contributed by atoms with van der Waals surface area (Å²) in [4.78, 5) is 12.5. The van der Waals surface area contributed by atoms with Crippen LogP contribution in [-0.4, -0.2) is 32.9 Å². The van der Waals surface area contributed by atoms with Crippen LogP contribution in [0.15, 0.2) is 64.2 Å². The van der Waals surface area contributed by atoms with Crippen LogP contribution in [0.3, 0.4) is 0 Å². The van der Waals surface area contributed by atoms with E-state index in [1.54, 1.807) is 31.4 Å². The van der Waals surface area contributed by atoms with E-state index in [4.69, 9.17) is 30.5 Å². The highest BCUT2D eigenvalue weighted by atomic mass is 79.9. The number of amides is 1. The first-order valence-corrected chi connectivity index (χ1v) is 11.5. The fraction of sp³-hybridized carbons (Fsp3) is 0.200. The number of hydrazone groups is 1. The van der Waals surface area contributed by atoms with Crippen molar-refractivity contribution in [3.8, 4) is 23.0 Å². The average molecular weight is 548 g/mol. The van der Waals surface area contributed by atoms with Crippen molar-refractivity contribution in [2.24, 2.45) is 5.10 Å². The molecule has 0 aliphatic heterocycles. The van der Waals surface area contributed by atoms with Crippen LogP contribution in [0.5, 0.6) is 23.0 Å². The van der Waals surface area contributed by atoms with E-state index in [0.29, 0.717) is 50.2 Å². The Kier molecular flexibility index (Phi) is 9.18. The number of ether oxygens (including phenoxy) is 4. The molecule has 9 heteroatoms. The Morgan fingerprint density at radius 2 is 1.85 bits per heavy atom. The second-order valence-electron chi connectivity index (χ2n) is 6.91. The molecular weight excluding hydrogens is 524 g/mol. The summed E-state index contributed by atoms with van der Waals surface area (Å²) in [7, 11) is 3.03. The number of halogens is 2. The summed E-state index contributed by atoms with van der Waals surface area (Å²) in [5, 5.41) is 4.70. The van der Waals surface area contributed by atoms with Crippen molar-refractivity contribution in [1.29, 1.82) is 0 Å². The predicted molar refractivity (Wildman–Crippen MR) is 136 cm³/mol. The molecule has 0 radical (unpaired) electrons. The predicted octanol–water partition coefficient (Wildman–Crippen LogP) is 5.86. The standard InChI is InChI=1S/C25H24BrClN2O5/c1-4-33-23-12-16(11-20(26)24(23)34-15-17-7-5-6-8-21(17)27)14-28-29-25(30)19-10-9-18(31-2)13-22(19)32-3/h5-14H,4,15H2,1-3H3,(H,29,30)/b28-14-. The van der Waals surface area contributed by atoms with Crippen LogP contribution in [0.4, 0.5) is 0 Å². The van der Waals surface area contributed by atoms with Gasteiger partial charge < -0.3 is 18.9 Å². The van der Waals surface area contributed by atoms with Crippen LogP contribution in [0.1, 0.15) is 28.4 Å². The summed E-state index contributed by atoms with van der Waals surface area (Å²) in [6.07, 6.45) is 1.51. The van der Waals surface area contributed by atoms with Crippen LogP contribution in [0.2, 0.25) is 5.02 Å². The molecule has 0 aromatic heterocycles. The van der Waals surface area contributed by atoms with Crippen LogP contribution < -0.4 is 24.4 Å². The van der Waals surface area contributed by atoms with Gasteiger partial charge in [0.15, 0.2) is 11.5 Å². The van der Waals surface area contributed by atoms with Crippen LogP contribution >= 0.6 is 27.5 Å². The molecule has 3 aromatic carbocycles. The summed E-state index contributed by atoms with van der Waals surface area (Å²) in [6.45, 7) is 2.62. The topological polar surface area (TPSA) is 78.4 Å². The van der Waals surface area contributed by atoms with E-state index in [1.165, 1.54) is 13.3 Å². The zero-order valence-corrected chi connectivity index (χ0v) is 21.3. The van der Waals surface area contributed by atoms with Crippen LogP contribution in [-0.2, 0) is 6.61 Å². The number of benzene rings is 3. The van der Waals surface area contributed by atoms with Crippen molar-refractivity contribution in [2.45, 2.75) is 13.5 Å². The van der Waals surface area contributed by atoms with Gasteiger partial charge in [0.1, 0.15) is 18.1 Å². The smallest absolute Gasteiger partial charge is 0.275 e. The molecule has 7 nitrogen and oxygen atoms in total. The van der Waals surface area contributed by atoms with Gasteiger partial charge in [0, 0.05) is 16.7 Å². The molecule has 1 amide bonds. The second kappa shape index (κ2) is 12.3. The maximum absolute atomic E-state index is 12.5. The van der Waals surface area contributed by atoms with Gasteiger partial charge in [-0.3, -0.25) is 4.79 Å². The van der Waals surface area contributed by atoms with Gasteiger partial charge >= 0.3 is 0 Å². The third-order valence-corrected chi connectivity index (χ3v) is 5.65. The fourth-order valence-electron chi connectivity index (χ4n) is 3.04. The van der Waals surface area contributed by atoms with Crippen molar-refractivity contribution in [3.05, 3.63) is 80.8 Å². The molecule has 0 aliphatic rings. The normalized spacial score (nSPS) is 10.7. The number of nitrogens with zero attached hydrogens (tertiary/aromatic N) is 1. The lowest BCUT2D eigenvalue weighted by atomic mass is 10.2. The number of carbonyl (C=O) groups is 1. The number of hydrogen-bond acceptors (Lipinski definition) is 6. The molecule has 3 rings (SSSR count). The van der Waals surface area contributed by atoms with E-state index in [2.05, 4.69) is 26.5 Å². The molecule has 1 N–H and O–H groups in total. The van der Waals surface area contributed by atoms with Crippen molar-refractivity contribution in [2.75, 3.05) is 20.8 Å². The lowest BCUT2D eigenvalue weighted by Gasteiger charge is -2.15. The van der Waals surface area contributed by atoms with Gasteiger partial charge in [0.2, 0.25) is 0 Å². The van der Waals surface area contributed by atoms with Gasteiger partial charge in [0.25, 0.3) is 5.91 Å². The van der Waals surface area contributed by atoms with E-state index >= 15 is 0 Å². The zero-order chi connectivity index (χ0) is 24.5. The minimum atomic E-state index is -0.417. The summed E-state index contributed by atoms with van der Waals surface area (Å²) in [6, 6.07) is 16.0. The van der Waals surface area contributed by atoms with Gasteiger partial charge in [-0.2, -0.15) is 5.10 Å². The monoisotopic (exact) mass is 546 g/mol. The third-order valence-electron chi connectivity index (χ3n) is 4.69. The first-order valence-electron chi connectivity index (χ1n) is 10.3. The Morgan fingerprint density at radius 3 is 2.56 bits per heavy atom. The zero-order valence-electron chi connectivity index (χ0n) is 18.9. The highest BCUT2D eigenvalue weighted by molar-refractivity contribution is 9.10. The SMILES string of the molecule is CCOc1cc(/C=N\NC(=O)c2ccc(OC)cc2OC)cc(Br)c1OCc1ccccc1Cl. The molecule has 0 unspecified atom stereocenters. The van der Waals surface area contributed by atoms with Crippen molar-refractivity contribution in [1.82, 2.24) is 5.43 Å². The van der Waals surface area contributed by atoms with Crippen molar-refractivity contribution >= 4 is 39.7 Å². The molecule has 3 aromatic rings. The molecule has 34 heavy (non-hydrogen) atoms. The second-order valence-corrected chi connectivity index (χ2v) is 8.17. The number of carbonyl (C=O) groups excluding carboxylic acids is 1. The minimum absolute atomic E-state index is 0.283. The Bertz CT molecular complexity index is 1190. The minimum Gasteiger partial charge on any atom is -0.497 e. The number of hydrogen-bond donors (Lipinski definition) is 1. The molecule has 0 bridgehead atoms. The van der Waals surface area contributed by atoms with Gasteiger partial charge in [-0.15, -0.1) is 0 Å². The first kappa shape index (κ1) is 25.4. The van der Waals surface area contributed by atoms with Crippen molar-refractivity contribution in [3.63, 3.8) is 0 Å². The van der Waals surface area contributed by atoms with E-state index in [1.807, 2.05) is 37.3 Å². The Morgan fingerprint density at radius 1 is 1.06 bits per heavy atom. The number of rotatable bonds is 10. The lowest BCUT2D eigenvalue weighted by Crippen LogP contribution is -2.18. The molecule has 0 aliphatic carbocycles. The maximum Gasteiger partial charge on any atom is 0.275 e. The van der Waals surface area contributed by atoms with Crippen LogP contribution in [0.25, 0.3) is 0 Å². The third kappa shape index (κ3) is 6.42. The largest absolute Gasteiger partial charge is 0.497 e. The molecule has 0 saturated carbocycles. The summed E-state index contributed by atoms with van der Waals surface area (Å²) < 4.78 is 22.9. The highest BCUT2D eigenvalue weighted by Crippen LogP contribution is 2.37. The molecular formula is C25H24BrClN2O5. The summed E-state index contributed by atoms with van der Waals surface area (Å²) in [5.74, 6) is 1.63. The van der Waals surface area contributed by atoms with Crippen LogP contribution in [0, 0.1) is 0 Å². The van der Waals surface area contributed by atoms with Gasteiger partial charge in [-0.05, 0) is 58.7 Å². The van der Waals surface area contributed by atoms with E-state index < -0.39 is 5.91 Å². The summed E-state index contributed by atoms with van der Waals surface area (Å²) >= 11 is 9.76. The van der Waals surface area contributed by atoms with Gasteiger partial charge in [0.05, 0.1) is 37.1 Å². The number of methoxy groups -OCH3 is 2. The first-order chi connectivity index (χ1) is 16.5. The molecule has 0 spiro atoms. The molecule has 0 atom stereocenters. The van der Waals surface area contributed by atoms with E-state index in [9.17, 15) is 4.79 Å². The van der Waals surface area contributed by atoms with E-state index in [0.717, 1.165) is 5.56 Å². The molecule has 0 fully saturated rings. The molecule has 178 valence electrons. The lowest BCUT2D eigenvalue weighted by molar-refractivity contribution is 0.0952. The highest BCUT2D eigenvalue weighted by Gasteiger charge is 2.14. The Hall–Kier alpha value is -3.23. The summed E-state index contributed by atoms with van der Waals surface area (Å²) in [5.41, 5.74) is 4.40. The number of nitrogens with one attached hydrogen (secondary N) is 1. The molecule has 0 heterocycles. The fourth-order valence-corrected chi connectivity index (χ4v) is 3.81. The van der Waals surface area contributed by atoms with Crippen molar-refractivity contribution < 1.29 is 23.7 Å². The molecule has 0 saturated heterocycles. The maximum atomic E-state index is 12.5. The van der Waals surface area contributed by atoms with Gasteiger partial charge in [-0.25, -0.2) is 5.43 Å². The van der Waals surface area contributed by atoms with E-state index in [-0.39, 0.29) is 6.61 Å². The quantitative estimate of drug-likeness (QED) is 0.254. The Balaban J connectivity index is 1.74. The van der Waals surface area contributed by atoms with Gasteiger partial charge in [-0.1, -0.05) is 29.8 Å². The Labute approximate surface area is 211 Å².